The van der Waals surface area contributed by atoms with Crippen LogP contribution in [0.5, 0.6) is 0 Å². The normalized spacial score (nSPS) is 10.2. The number of hydrogen-bond acceptors (Lipinski definition) is 5. The first kappa shape index (κ1) is 11.1. The second-order valence-corrected chi connectivity index (χ2v) is 3.20. The van der Waals surface area contributed by atoms with Crippen LogP contribution < -0.4 is 5.32 Å². The summed E-state index contributed by atoms with van der Waals surface area (Å²) in [7, 11) is 0. The van der Waals surface area contributed by atoms with Crippen LogP contribution in [0.4, 0.5) is 10.1 Å². The second-order valence-electron chi connectivity index (χ2n) is 3.20. The summed E-state index contributed by atoms with van der Waals surface area (Å²) in [5.74, 6) is -1.67. The summed E-state index contributed by atoms with van der Waals surface area (Å²) in [6, 6.07) is 3.76. The Morgan fingerprint density at radius 3 is 2.94 bits per heavy atom. The van der Waals surface area contributed by atoms with E-state index in [1.54, 1.807) is 0 Å². The van der Waals surface area contributed by atoms with Gasteiger partial charge in [0.25, 0.3) is 0 Å². The van der Waals surface area contributed by atoms with E-state index in [2.05, 4.69) is 20.0 Å². The Bertz CT molecular complexity index is 528. The molecule has 0 atom stereocenters. The van der Waals surface area contributed by atoms with Gasteiger partial charge in [-0.2, -0.15) is 4.98 Å². The maximum atomic E-state index is 13.3. The number of rotatable bonds is 4. The smallest absolute Gasteiger partial charge is 0.338 e. The number of anilines is 1. The highest BCUT2D eigenvalue weighted by Crippen LogP contribution is 2.15. The molecule has 0 aliphatic rings. The van der Waals surface area contributed by atoms with Crippen LogP contribution in [0.1, 0.15) is 16.2 Å². The molecule has 0 bridgehead atoms. The van der Waals surface area contributed by atoms with Crippen molar-refractivity contribution in [3.63, 3.8) is 0 Å². The number of halogens is 1. The predicted octanol–water partition coefficient (Wildman–Crippen LogP) is 1.52. The van der Waals surface area contributed by atoms with Crippen molar-refractivity contribution in [3.05, 3.63) is 41.8 Å². The molecule has 2 rings (SSSR count). The summed E-state index contributed by atoms with van der Waals surface area (Å²) in [4.78, 5) is 14.4. The molecule has 6 nitrogen and oxygen atoms in total. The van der Waals surface area contributed by atoms with Crippen molar-refractivity contribution in [1.29, 1.82) is 0 Å². The second kappa shape index (κ2) is 4.60. The van der Waals surface area contributed by atoms with Gasteiger partial charge in [-0.1, -0.05) is 5.16 Å². The van der Waals surface area contributed by atoms with Crippen molar-refractivity contribution in [2.75, 3.05) is 5.32 Å². The summed E-state index contributed by atoms with van der Waals surface area (Å²) in [5.41, 5.74) is 0.0763. The molecule has 88 valence electrons. The van der Waals surface area contributed by atoms with Gasteiger partial charge >= 0.3 is 5.97 Å². The van der Waals surface area contributed by atoms with Crippen LogP contribution in [-0.2, 0) is 6.54 Å². The molecule has 17 heavy (non-hydrogen) atoms. The number of carboxylic acids is 1. The SMILES string of the molecule is O=C(O)c1ccc(NCc2ncon2)cc1F. The Morgan fingerprint density at radius 1 is 1.53 bits per heavy atom. The molecule has 0 aliphatic carbocycles. The van der Waals surface area contributed by atoms with E-state index in [1.807, 2.05) is 0 Å². The van der Waals surface area contributed by atoms with Crippen molar-refractivity contribution in [3.8, 4) is 0 Å². The summed E-state index contributed by atoms with van der Waals surface area (Å²) >= 11 is 0. The molecule has 0 radical (unpaired) electrons. The lowest BCUT2D eigenvalue weighted by molar-refractivity contribution is 0.0692. The van der Waals surface area contributed by atoms with E-state index in [-0.39, 0.29) is 12.1 Å². The highest BCUT2D eigenvalue weighted by atomic mass is 19.1. The van der Waals surface area contributed by atoms with Crippen LogP contribution in [-0.4, -0.2) is 21.2 Å². The van der Waals surface area contributed by atoms with Crippen LogP contribution in [0.3, 0.4) is 0 Å². The highest BCUT2D eigenvalue weighted by Gasteiger charge is 2.10. The van der Waals surface area contributed by atoms with Gasteiger partial charge in [-0.25, -0.2) is 9.18 Å². The van der Waals surface area contributed by atoms with Gasteiger partial charge in [0.1, 0.15) is 5.82 Å². The quantitative estimate of drug-likeness (QED) is 0.838. The van der Waals surface area contributed by atoms with Gasteiger partial charge in [0.2, 0.25) is 6.39 Å². The van der Waals surface area contributed by atoms with Gasteiger partial charge in [-0.05, 0) is 18.2 Å². The van der Waals surface area contributed by atoms with E-state index in [0.29, 0.717) is 11.5 Å². The number of carbonyl (C=O) groups is 1. The zero-order valence-corrected chi connectivity index (χ0v) is 8.55. The van der Waals surface area contributed by atoms with Crippen LogP contribution in [0, 0.1) is 5.82 Å². The van der Waals surface area contributed by atoms with Crippen LogP contribution in [0.25, 0.3) is 0 Å². The number of aromatic nitrogens is 2. The molecule has 0 aliphatic heterocycles. The predicted molar refractivity (Wildman–Crippen MR) is 55.0 cm³/mol. The van der Waals surface area contributed by atoms with Crippen LogP contribution in [0.2, 0.25) is 0 Å². The Kier molecular flexibility index (Phi) is 2.99. The maximum Gasteiger partial charge on any atom is 0.338 e. The zero-order chi connectivity index (χ0) is 12.3. The first-order chi connectivity index (χ1) is 8.16. The fourth-order valence-electron chi connectivity index (χ4n) is 1.25. The monoisotopic (exact) mass is 237 g/mol. The van der Waals surface area contributed by atoms with Gasteiger partial charge in [-0.3, -0.25) is 0 Å². The number of nitrogens with one attached hydrogen (secondary N) is 1. The molecule has 0 spiro atoms. The fourth-order valence-corrected chi connectivity index (χ4v) is 1.25. The van der Waals surface area contributed by atoms with E-state index in [4.69, 9.17) is 5.11 Å². The summed E-state index contributed by atoms with van der Waals surface area (Å²) in [5, 5.41) is 15.0. The Balaban J connectivity index is 2.07. The third kappa shape index (κ3) is 2.57. The topological polar surface area (TPSA) is 88.2 Å². The molecular weight excluding hydrogens is 229 g/mol. The van der Waals surface area contributed by atoms with E-state index < -0.39 is 11.8 Å². The van der Waals surface area contributed by atoms with Gasteiger partial charge in [0, 0.05) is 5.69 Å². The van der Waals surface area contributed by atoms with Crippen molar-refractivity contribution < 1.29 is 18.8 Å². The molecule has 0 fully saturated rings. The van der Waals surface area contributed by atoms with Crippen molar-refractivity contribution in [2.24, 2.45) is 0 Å². The molecule has 2 aromatic rings. The molecule has 1 aromatic carbocycles. The average Bonchev–Trinajstić information content (AvgIpc) is 2.78. The number of hydrogen-bond donors (Lipinski definition) is 2. The summed E-state index contributed by atoms with van der Waals surface area (Å²) < 4.78 is 17.8. The van der Waals surface area contributed by atoms with Crippen molar-refractivity contribution >= 4 is 11.7 Å². The lowest BCUT2D eigenvalue weighted by atomic mass is 10.2. The Labute approximate surface area is 95.1 Å². The largest absolute Gasteiger partial charge is 0.478 e. The van der Waals surface area contributed by atoms with Crippen LogP contribution in [0.15, 0.2) is 29.1 Å². The lowest BCUT2D eigenvalue weighted by Crippen LogP contribution is -2.04. The van der Waals surface area contributed by atoms with Crippen molar-refractivity contribution in [1.82, 2.24) is 10.1 Å². The van der Waals surface area contributed by atoms with Crippen LogP contribution >= 0.6 is 0 Å². The Hall–Kier alpha value is -2.44. The Morgan fingerprint density at radius 2 is 2.35 bits per heavy atom. The van der Waals surface area contributed by atoms with Crippen molar-refractivity contribution in [2.45, 2.75) is 6.54 Å². The zero-order valence-electron chi connectivity index (χ0n) is 8.55. The third-order valence-electron chi connectivity index (χ3n) is 2.06. The minimum absolute atomic E-state index is 0.266. The minimum Gasteiger partial charge on any atom is -0.478 e. The van der Waals surface area contributed by atoms with Gasteiger partial charge in [0.15, 0.2) is 5.82 Å². The molecule has 2 N–H and O–H groups in total. The standard InChI is InChI=1S/C10H8FN3O3/c11-8-3-6(1-2-7(8)10(15)16)12-4-9-13-5-17-14-9/h1-3,5,12H,4H2,(H,15,16). The summed E-state index contributed by atoms with van der Waals surface area (Å²) in [6.45, 7) is 0.266. The van der Waals surface area contributed by atoms with E-state index in [1.165, 1.54) is 18.5 Å². The average molecular weight is 237 g/mol. The lowest BCUT2D eigenvalue weighted by Gasteiger charge is -2.04. The molecule has 0 saturated carbocycles. The van der Waals surface area contributed by atoms with E-state index >= 15 is 0 Å². The van der Waals surface area contributed by atoms with Gasteiger partial charge in [0.05, 0.1) is 12.1 Å². The van der Waals surface area contributed by atoms with E-state index in [9.17, 15) is 9.18 Å². The summed E-state index contributed by atoms with van der Waals surface area (Å²) in [6.07, 6.45) is 1.19. The van der Waals surface area contributed by atoms with Gasteiger partial charge in [-0.15, -0.1) is 0 Å². The fraction of sp³-hybridized carbons (Fsp3) is 0.100. The number of aromatic carboxylic acids is 1. The molecule has 1 heterocycles. The third-order valence-corrected chi connectivity index (χ3v) is 2.06. The molecule has 7 heteroatoms. The van der Waals surface area contributed by atoms with E-state index in [0.717, 1.165) is 6.07 Å². The highest BCUT2D eigenvalue weighted by molar-refractivity contribution is 5.88. The molecule has 0 unspecified atom stereocenters. The number of nitrogens with zero attached hydrogens (tertiary/aromatic N) is 2. The first-order valence-electron chi connectivity index (χ1n) is 4.69. The minimum atomic E-state index is -1.30. The molecule has 1 aromatic heterocycles. The number of carboxylic acid groups (broad SMARTS) is 1. The number of benzene rings is 1. The molecular formula is C10H8FN3O3. The first-order valence-corrected chi connectivity index (χ1v) is 4.69. The molecule has 0 saturated heterocycles. The van der Waals surface area contributed by atoms with Gasteiger partial charge < -0.3 is 14.9 Å². The molecule has 0 amide bonds. The maximum absolute atomic E-state index is 13.3.